The maximum atomic E-state index is 6.08. The average molecular weight is 401 g/mol. The molecule has 0 bridgehead atoms. The zero-order chi connectivity index (χ0) is 14.0. The van der Waals surface area contributed by atoms with E-state index in [0.29, 0.717) is 6.04 Å². The van der Waals surface area contributed by atoms with Crippen LogP contribution < -0.4 is 15.4 Å². The van der Waals surface area contributed by atoms with Crippen LogP contribution in [-0.2, 0) is 0 Å². The zero-order valence-electron chi connectivity index (χ0n) is 12.6. The number of para-hydroxylation sites is 1. The van der Waals surface area contributed by atoms with Gasteiger partial charge in [-0.3, -0.25) is 4.99 Å². The molecule has 116 valence electrons. The molecular weight excluding hydrogens is 377 g/mol. The first kappa shape index (κ1) is 16.4. The van der Waals surface area contributed by atoms with Crippen LogP contribution in [0.5, 0.6) is 5.75 Å². The number of ether oxygens (including phenoxy) is 1. The van der Waals surface area contributed by atoms with Crippen molar-refractivity contribution >= 4 is 29.9 Å². The van der Waals surface area contributed by atoms with Gasteiger partial charge >= 0.3 is 0 Å². The highest BCUT2D eigenvalue weighted by molar-refractivity contribution is 14.0. The van der Waals surface area contributed by atoms with Crippen molar-refractivity contribution in [3.05, 3.63) is 30.3 Å². The summed E-state index contributed by atoms with van der Waals surface area (Å²) in [5.74, 6) is 1.91. The number of benzene rings is 1. The normalized spacial score (nSPS) is 26.5. The number of nitrogens with zero attached hydrogens (tertiary/aromatic N) is 1. The molecule has 0 aromatic heterocycles. The Balaban J connectivity index is 0.00000161. The molecule has 0 unspecified atom stereocenters. The summed E-state index contributed by atoms with van der Waals surface area (Å²) in [6, 6.07) is 10.5. The zero-order valence-corrected chi connectivity index (χ0v) is 15.0. The highest BCUT2D eigenvalue weighted by atomic mass is 127. The molecule has 1 fully saturated rings. The molecule has 1 heterocycles. The van der Waals surface area contributed by atoms with E-state index in [0.717, 1.165) is 37.6 Å². The fourth-order valence-electron chi connectivity index (χ4n) is 2.79. The molecule has 0 radical (unpaired) electrons. The van der Waals surface area contributed by atoms with Gasteiger partial charge in [0.1, 0.15) is 11.9 Å². The van der Waals surface area contributed by atoms with Crippen molar-refractivity contribution in [2.75, 3.05) is 13.1 Å². The quantitative estimate of drug-likeness (QED) is 0.766. The first-order valence-corrected chi connectivity index (χ1v) is 7.43. The van der Waals surface area contributed by atoms with Crippen molar-refractivity contribution in [2.24, 2.45) is 10.4 Å². The Kier molecular flexibility index (Phi) is 5.35. The Bertz CT molecular complexity index is 490. The predicted molar refractivity (Wildman–Crippen MR) is 96.5 cm³/mol. The molecule has 2 atom stereocenters. The van der Waals surface area contributed by atoms with E-state index in [2.05, 4.69) is 29.5 Å². The van der Waals surface area contributed by atoms with Gasteiger partial charge in [0.2, 0.25) is 0 Å². The van der Waals surface area contributed by atoms with Crippen LogP contribution in [0.3, 0.4) is 0 Å². The lowest BCUT2D eigenvalue weighted by Crippen LogP contribution is -2.64. The summed E-state index contributed by atoms with van der Waals surface area (Å²) < 4.78 is 6.08. The number of guanidine groups is 1. The largest absolute Gasteiger partial charge is 0.490 e. The van der Waals surface area contributed by atoms with Gasteiger partial charge in [0.15, 0.2) is 5.96 Å². The van der Waals surface area contributed by atoms with Gasteiger partial charge in [0, 0.05) is 31.0 Å². The molecular formula is C16H24IN3O. The van der Waals surface area contributed by atoms with Crippen molar-refractivity contribution in [2.45, 2.75) is 38.8 Å². The molecule has 5 heteroatoms. The van der Waals surface area contributed by atoms with Gasteiger partial charge in [-0.05, 0) is 18.6 Å². The topological polar surface area (TPSA) is 45.7 Å². The Morgan fingerprint density at radius 2 is 2.05 bits per heavy atom. The summed E-state index contributed by atoms with van der Waals surface area (Å²) in [5.41, 5.74) is 0.109. The predicted octanol–water partition coefficient (Wildman–Crippen LogP) is 2.79. The maximum absolute atomic E-state index is 6.08. The summed E-state index contributed by atoms with van der Waals surface area (Å²) in [4.78, 5) is 4.48. The third-order valence-corrected chi connectivity index (χ3v) is 4.41. The highest BCUT2D eigenvalue weighted by Crippen LogP contribution is 2.43. The Hall–Kier alpha value is -0.980. The van der Waals surface area contributed by atoms with Gasteiger partial charge in [-0.25, -0.2) is 0 Å². The summed E-state index contributed by atoms with van der Waals surface area (Å²) in [6.07, 6.45) is 2.40. The van der Waals surface area contributed by atoms with E-state index in [1.54, 1.807) is 0 Å². The van der Waals surface area contributed by atoms with Crippen molar-refractivity contribution in [1.82, 2.24) is 10.6 Å². The van der Waals surface area contributed by atoms with Crippen LogP contribution in [0.1, 0.15) is 26.7 Å². The summed E-state index contributed by atoms with van der Waals surface area (Å²) in [7, 11) is 0. The second-order valence-electron chi connectivity index (χ2n) is 6.18. The Morgan fingerprint density at radius 1 is 1.29 bits per heavy atom. The van der Waals surface area contributed by atoms with E-state index >= 15 is 0 Å². The molecule has 1 aromatic rings. The maximum Gasteiger partial charge on any atom is 0.191 e. The third kappa shape index (κ3) is 3.62. The number of rotatable bonds is 3. The molecule has 3 rings (SSSR count). The van der Waals surface area contributed by atoms with Crippen molar-refractivity contribution in [3.63, 3.8) is 0 Å². The van der Waals surface area contributed by atoms with Crippen LogP contribution in [0.2, 0.25) is 0 Å². The molecule has 1 aliphatic carbocycles. The first-order chi connectivity index (χ1) is 9.66. The van der Waals surface area contributed by atoms with Gasteiger partial charge in [0.25, 0.3) is 0 Å². The number of hydrogen-bond acceptors (Lipinski definition) is 4. The molecule has 1 saturated carbocycles. The summed E-state index contributed by atoms with van der Waals surface area (Å²) in [5, 5.41) is 6.84. The van der Waals surface area contributed by atoms with Crippen LogP contribution in [0.25, 0.3) is 0 Å². The van der Waals surface area contributed by atoms with Crippen molar-refractivity contribution < 1.29 is 4.74 Å². The van der Waals surface area contributed by atoms with Gasteiger partial charge in [0.05, 0.1) is 0 Å². The standard InChI is InChI=1S/C16H23N3O.HI/c1-16(2)13(19-15-17-9-6-10-18-15)11-14(16)20-12-7-4-3-5-8-12;/h3-5,7-8,13-14H,6,9-11H2,1-2H3,(H2,17,18,19);1H/t13-,14+;/m0./s1. The van der Waals surface area contributed by atoms with Gasteiger partial charge in [-0.1, -0.05) is 32.0 Å². The number of halogens is 1. The van der Waals surface area contributed by atoms with Crippen LogP contribution in [0.4, 0.5) is 0 Å². The molecule has 1 aromatic carbocycles. The van der Waals surface area contributed by atoms with Gasteiger partial charge in [-0.15, -0.1) is 24.0 Å². The van der Waals surface area contributed by atoms with E-state index in [4.69, 9.17) is 4.74 Å². The minimum Gasteiger partial charge on any atom is -0.490 e. The monoisotopic (exact) mass is 401 g/mol. The van der Waals surface area contributed by atoms with E-state index in [1.165, 1.54) is 0 Å². The fraction of sp³-hybridized carbons (Fsp3) is 0.562. The van der Waals surface area contributed by atoms with E-state index in [-0.39, 0.29) is 35.5 Å². The lowest BCUT2D eigenvalue weighted by Gasteiger charge is -2.51. The second kappa shape index (κ2) is 6.85. The van der Waals surface area contributed by atoms with Crippen molar-refractivity contribution in [3.8, 4) is 5.75 Å². The van der Waals surface area contributed by atoms with Gasteiger partial charge < -0.3 is 15.4 Å². The van der Waals surface area contributed by atoms with E-state index in [1.807, 2.05) is 30.3 Å². The number of hydrogen-bond donors (Lipinski definition) is 2. The third-order valence-electron chi connectivity index (χ3n) is 4.41. The van der Waals surface area contributed by atoms with Gasteiger partial charge in [-0.2, -0.15) is 0 Å². The Labute approximate surface area is 143 Å². The van der Waals surface area contributed by atoms with Crippen LogP contribution >= 0.6 is 24.0 Å². The summed E-state index contributed by atoms with van der Waals surface area (Å²) in [6.45, 7) is 6.45. The van der Waals surface area contributed by atoms with E-state index < -0.39 is 0 Å². The molecule has 1 aliphatic heterocycles. The SMILES string of the molecule is CC1(C)[C@@H](NC2=NCCCN2)C[C@H]1Oc1ccccc1.I. The lowest BCUT2D eigenvalue weighted by molar-refractivity contribution is -0.0481. The van der Waals surface area contributed by atoms with E-state index in [9.17, 15) is 0 Å². The van der Waals surface area contributed by atoms with Crippen LogP contribution in [0.15, 0.2) is 35.3 Å². The van der Waals surface area contributed by atoms with Crippen LogP contribution in [-0.4, -0.2) is 31.2 Å². The summed E-state index contributed by atoms with van der Waals surface area (Å²) >= 11 is 0. The molecule has 0 spiro atoms. The smallest absolute Gasteiger partial charge is 0.191 e. The first-order valence-electron chi connectivity index (χ1n) is 7.43. The average Bonchev–Trinajstić information content (AvgIpc) is 2.48. The fourth-order valence-corrected chi connectivity index (χ4v) is 2.79. The molecule has 2 aliphatic rings. The molecule has 4 nitrogen and oxygen atoms in total. The number of nitrogens with one attached hydrogen (secondary N) is 2. The Morgan fingerprint density at radius 3 is 2.67 bits per heavy atom. The van der Waals surface area contributed by atoms with Crippen LogP contribution in [0, 0.1) is 5.41 Å². The second-order valence-corrected chi connectivity index (χ2v) is 6.18. The number of aliphatic imine (C=N–C) groups is 1. The molecule has 0 saturated heterocycles. The molecule has 21 heavy (non-hydrogen) atoms. The molecule has 0 amide bonds. The lowest BCUT2D eigenvalue weighted by atomic mass is 9.64. The van der Waals surface area contributed by atoms with Crippen molar-refractivity contribution in [1.29, 1.82) is 0 Å². The minimum absolute atomic E-state index is 0. The molecule has 2 N–H and O–H groups in total. The minimum atomic E-state index is 0. The highest BCUT2D eigenvalue weighted by Gasteiger charge is 2.50.